The van der Waals surface area contributed by atoms with Crippen molar-refractivity contribution in [2.45, 2.75) is 58.6 Å². The van der Waals surface area contributed by atoms with Gasteiger partial charge in [0.25, 0.3) is 0 Å². The minimum absolute atomic E-state index is 0.0817. The zero-order valence-electron chi connectivity index (χ0n) is 30.4. The summed E-state index contributed by atoms with van der Waals surface area (Å²) in [5, 5.41) is 0.558. The second-order valence-corrected chi connectivity index (χ2v) is 15.0. The average molecular weight is 722 g/mol. The third-order valence-electron chi connectivity index (χ3n) is 9.32. The van der Waals surface area contributed by atoms with E-state index < -0.39 is 17.6 Å². The number of fused-ring (bicyclic) bond motifs is 1. The Morgan fingerprint density at radius 2 is 1.63 bits per heavy atom. The molecule has 2 aromatic carbocycles. The summed E-state index contributed by atoms with van der Waals surface area (Å²) in [6.07, 6.45) is 1.38. The Morgan fingerprint density at radius 3 is 2.24 bits per heavy atom. The molecule has 3 amide bonds. The zero-order valence-corrected chi connectivity index (χ0v) is 31.2. The number of aromatic nitrogens is 2. The van der Waals surface area contributed by atoms with Gasteiger partial charge in [-0.3, -0.25) is 9.59 Å². The molecule has 5 rings (SSSR count). The Morgan fingerprint density at radius 1 is 0.961 bits per heavy atom. The molecule has 1 saturated heterocycles. The number of carbonyl (C=O) groups is 3. The third kappa shape index (κ3) is 8.76. The minimum atomic E-state index is -0.995. The van der Waals surface area contributed by atoms with Gasteiger partial charge in [0.15, 0.2) is 11.6 Å². The third-order valence-corrected chi connectivity index (χ3v) is 9.57. The topological polar surface area (TPSA) is 144 Å². The van der Waals surface area contributed by atoms with Gasteiger partial charge in [0.1, 0.15) is 29.1 Å². The van der Waals surface area contributed by atoms with Crippen molar-refractivity contribution < 1.29 is 28.6 Å². The van der Waals surface area contributed by atoms with Crippen LogP contribution in [0.15, 0.2) is 48.8 Å². The van der Waals surface area contributed by atoms with Gasteiger partial charge in [-0.2, -0.15) is 0 Å². The fourth-order valence-electron chi connectivity index (χ4n) is 7.26. The number of amides is 3. The van der Waals surface area contributed by atoms with E-state index in [0.29, 0.717) is 73.0 Å². The number of hydrogen-bond donors (Lipinski definition) is 1. The highest BCUT2D eigenvalue weighted by Crippen LogP contribution is 2.41. The number of nitrogens with two attached hydrogens (primary N) is 1. The van der Waals surface area contributed by atoms with Crippen LogP contribution in [0.1, 0.15) is 57.6 Å². The van der Waals surface area contributed by atoms with Crippen LogP contribution >= 0.6 is 11.6 Å². The summed E-state index contributed by atoms with van der Waals surface area (Å²) in [5.41, 5.74) is 6.60. The molecule has 0 saturated carbocycles. The maximum Gasteiger partial charge on any atom is 0.405 e. The van der Waals surface area contributed by atoms with Crippen LogP contribution in [-0.4, -0.2) is 92.4 Å². The summed E-state index contributed by atoms with van der Waals surface area (Å²) in [6.45, 7) is 10.3. The molecule has 3 aromatic rings. The molecule has 1 fully saturated rings. The monoisotopic (exact) mass is 721 g/mol. The maximum atomic E-state index is 14.4. The Hall–Kier alpha value is -4.78. The second-order valence-electron chi connectivity index (χ2n) is 14.6. The van der Waals surface area contributed by atoms with Crippen molar-refractivity contribution in [2.75, 3.05) is 68.7 Å². The number of carbonyl (C=O) groups excluding carboxylic acids is 3. The van der Waals surface area contributed by atoms with Crippen molar-refractivity contribution in [3.63, 3.8) is 0 Å². The first-order chi connectivity index (χ1) is 24.1. The van der Waals surface area contributed by atoms with Crippen molar-refractivity contribution in [2.24, 2.45) is 11.1 Å². The smallest absolute Gasteiger partial charge is 0.405 e. The van der Waals surface area contributed by atoms with E-state index in [1.54, 1.807) is 38.3 Å². The number of benzene rings is 2. The molecular formula is C37H48ClN7O6. The lowest BCUT2D eigenvalue weighted by Gasteiger charge is -2.41. The maximum absolute atomic E-state index is 14.4. The van der Waals surface area contributed by atoms with Gasteiger partial charge in [-0.25, -0.2) is 14.8 Å². The highest BCUT2D eigenvalue weighted by atomic mass is 35.5. The first kappa shape index (κ1) is 37.5. The van der Waals surface area contributed by atoms with Crippen molar-refractivity contribution in [1.82, 2.24) is 14.9 Å². The quantitative estimate of drug-likeness (QED) is 0.279. The Balaban J connectivity index is 1.38. The van der Waals surface area contributed by atoms with E-state index >= 15 is 0 Å². The van der Waals surface area contributed by atoms with Crippen LogP contribution in [0.2, 0.25) is 5.02 Å². The Kier molecular flexibility index (Phi) is 11.2. The molecule has 51 heavy (non-hydrogen) atoms. The molecule has 14 heteroatoms. The first-order valence-electron chi connectivity index (χ1n) is 17.0. The molecule has 13 nitrogen and oxygen atoms in total. The predicted octanol–water partition coefficient (Wildman–Crippen LogP) is 5.24. The molecule has 2 atom stereocenters. The van der Waals surface area contributed by atoms with Gasteiger partial charge in [0, 0.05) is 62.8 Å². The minimum Gasteiger partial charge on any atom is -0.497 e. The summed E-state index contributed by atoms with van der Waals surface area (Å²) < 4.78 is 16.7. The number of ether oxygens (including phenoxy) is 3. The Bertz CT molecular complexity index is 1740. The number of methoxy groups -OCH3 is 2. The number of halogens is 1. The van der Waals surface area contributed by atoms with Crippen molar-refractivity contribution in [1.29, 1.82) is 0 Å². The van der Waals surface area contributed by atoms with Gasteiger partial charge in [0.05, 0.1) is 26.7 Å². The van der Waals surface area contributed by atoms with Gasteiger partial charge in [0.2, 0.25) is 11.8 Å². The fraction of sp³-hybridized carbons (Fsp3) is 0.486. The van der Waals surface area contributed by atoms with Gasteiger partial charge in [-0.1, -0.05) is 44.5 Å². The summed E-state index contributed by atoms with van der Waals surface area (Å²) in [5.74, 6) is 1.79. The standard InChI is InChI=1S/C37H48ClN7O6/c1-36(2,3)22-37(4,51-35(39)48)19-28(24-8-11-26(38)12-9-24)34(47)44-16-14-43(15-17-44)32-31-33(41-23-40-32)45(21-30(46)42(31)5)20-25-10-13-27(49-6)18-29(25)50-7/h8-13,18,23,28H,14-17,19-22H2,1-7H3,(H2,39,48)/t28?,37-/m0/s1. The number of rotatable bonds is 11. The normalized spacial score (nSPS) is 16.7. The molecule has 2 aliphatic heterocycles. The number of piperazine rings is 1. The van der Waals surface area contributed by atoms with Gasteiger partial charge in [-0.05, 0) is 48.6 Å². The van der Waals surface area contributed by atoms with Gasteiger partial charge >= 0.3 is 6.09 Å². The number of nitrogens with zero attached hydrogens (tertiary/aromatic N) is 6. The second kappa shape index (κ2) is 15.2. The number of hydrogen-bond acceptors (Lipinski definition) is 10. The van der Waals surface area contributed by atoms with Gasteiger partial charge < -0.3 is 39.5 Å². The van der Waals surface area contributed by atoms with Crippen molar-refractivity contribution in [3.05, 3.63) is 64.9 Å². The van der Waals surface area contributed by atoms with E-state index in [0.717, 1.165) is 11.1 Å². The summed E-state index contributed by atoms with van der Waals surface area (Å²) in [4.78, 5) is 56.5. The predicted molar refractivity (Wildman–Crippen MR) is 197 cm³/mol. The van der Waals surface area contributed by atoms with E-state index in [9.17, 15) is 14.4 Å². The highest BCUT2D eigenvalue weighted by molar-refractivity contribution is 6.30. The van der Waals surface area contributed by atoms with Crippen LogP contribution in [0.3, 0.4) is 0 Å². The van der Waals surface area contributed by atoms with Crippen LogP contribution in [0.25, 0.3) is 0 Å². The number of anilines is 3. The SMILES string of the molecule is COc1ccc(CN2CC(=O)N(C)c3c(N4CCN(C(=O)C(C[C@@](C)(CC(C)(C)C)OC(N)=O)c5ccc(Cl)cc5)CC4)ncnc32)c(OC)c1. The van der Waals surface area contributed by atoms with Crippen LogP contribution in [0.4, 0.5) is 22.1 Å². The lowest BCUT2D eigenvalue weighted by Crippen LogP contribution is -2.52. The van der Waals surface area contributed by atoms with E-state index in [1.807, 2.05) is 47.1 Å². The molecule has 0 aliphatic carbocycles. The Labute approximate surface area is 304 Å². The number of primary amides is 1. The largest absolute Gasteiger partial charge is 0.497 e. The molecule has 1 unspecified atom stereocenters. The molecule has 1 aromatic heterocycles. The fourth-order valence-corrected chi connectivity index (χ4v) is 7.39. The van der Waals surface area contributed by atoms with Crippen molar-refractivity contribution >= 4 is 46.8 Å². The number of likely N-dealkylation sites (N-methyl/N-ethyl adjacent to an activating group) is 1. The van der Waals surface area contributed by atoms with Crippen LogP contribution in [0, 0.1) is 5.41 Å². The van der Waals surface area contributed by atoms with Crippen LogP contribution in [-0.2, 0) is 20.9 Å². The van der Waals surface area contributed by atoms with Gasteiger partial charge in [-0.15, -0.1) is 0 Å². The molecule has 2 N–H and O–H groups in total. The molecule has 0 radical (unpaired) electrons. The van der Waals surface area contributed by atoms with E-state index in [2.05, 4.69) is 35.6 Å². The van der Waals surface area contributed by atoms with E-state index in [-0.39, 0.29) is 30.2 Å². The molecule has 2 aliphatic rings. The average Bonchev–Trinajstić information content (AvgIpc) is 3.08. The summed E-state index contributed by atoms with van der Waals surface area (Å²) in [7, 11) is 4.93. The summed E-state index contributed by atoms with van der Waals surface area (Å²) in [6, 6.07) is 12.8. The van der Waals surface area contributed by atoms with Crippen LogP contribution < -0.4 is 29.9 Å². The molecule has 0 spiro atoms. The molecule has 0 bridgehead atoms. The molecular weight excluding hydrogens is 674 g/mol. The van der Waals surface area contributed by atoms with E-state index in [4.69, 9.17) is 31.5 Å². The zero-order chi connectivity index (χ0) is 37.1. The first-order valence-corrected chi connectivity index (χ1v) is 17.3. The summed E-state index contributed by atoms with van der Waals surface area (Å²) >= 11 is 6.22. The highest BCUT2D eigenvalue weighted by Gasteiger charge is 2.41. The lowest BCUT2D eigenvalue weighted by molar-refractivity contribution is -0.135. The molecule has 3 heterocycles. The molecule has 274 valence electrons. The lowest BCUT2D eigenvalue weighted by atomic mass is 9.76. The van der Waals surface area contributed by atoms with Crippen molar-refractivity contribution in [3.8, 4) is 11.5 Å². The van der Waals surface area contributed by atoms with Crippen LogP contribution in [0.5, 0.6) is 11.5 Å². The van der Waals surface area contributed by atoms with E-state index in [1.165, 1.54) is 6.33 Å².